The minimum Gasteiger partial charge on any atom is -0.352 e. The Bertz CT molecular complexity index is 878. The van der Waals surface area contributed by atoms with Gasteiger partial charge in [-0.05, 0) is 68.2 Å². The fourth-order valence-corrected chi connectivity index (χ4v) is 6.66. The molecule has 0 aromatic heterocycles. The van der Waals surface area contributed by atoms with Gasteiger partial charge in [-0.15, -0.1) is 0 Å². The normalized spacial score (nSPS) is 26.9. The van der Waals surface area contributed by atoms with E-state index in [0.717, 1.165) is 25.7 Å². The van der Waals surface area contributed by atoms with Gasteiger partial charge >= 0.3 is 0 Å². The zero-order valence-corrected chi connectivity index (χ0v) is 19.1. The van der Waals surface area contributed by atoms with Gasteiger partial charge in [-0.25, -0.2) is 8.42 Å². The molecule has 1 aromatic carbocycles. The van der Waals surface area contributed by atoms with E-state index < -0.39 is 10.0 Å². The summed E-state index contributed by atoms with van der Waals surface area (Å²) >= 11 is 0. The molecule has 0 radical (unpaired) electrons. The molecule has 2 fully saturated rings. The Balaban J connectivity index is 1.34. The smallest absolute Gasteiger partial charge is 0.243 e. The number of amides is 1. The van der Waals surface area contributed by atoms with Crippen LogP contribution >= 0.6 is 0 Å². The van der Waals surface area contributed by atoms with Gasteiger partial charge in [0, 0.05) is 32.2 Å². The molecule has 0 spiro atoms. The van der Waals surface area contributed by atoms with Crippen molar-refractivity contribution in [3.05, 3.63) is 29.3 Å². The number of hydrogen-bond donors (Lipinski definition) is 1. The van der Waals surface area contributed by atoms with Crippen LogP contribution in [0, 0.1) is 5.92 Å². The fraction of sp³-hybridized carbons (Fsp3) is 0.696. The van der Waals surface area contributed by atoms with Crippen LogP contribution in [0.1, 0.15) is 57.1 Å². The maximum atomic E-state index is 13.1. The van der Waals surface area contributed by atoms with E-state index in [2.05, 4.69) is 17.1 Å². The van der Waals surface area contributed by atoms with Crippen LogP contribution < -0.4 is 5.32 Å². The average molecular weight is 434 g/mol. The van der Waals surface area contributed by atoms with E-state index in [9.17, 15) is 13.2 Å². The summed E-state index contributed by atoms with van der Waals surface area (Å²) in [6, 6.07) is 5.64. The highest BCUT2D eigenvalue weighted by Crippen LogP contribution is 2.27. The minimum atomic E-state index is -3.48. The second kappa shape index (κ2) is 8.97. The summed E-state index contributed by atoms with van der Waals surface area (Å²) in [5.41, 5.74) is 2.46. The summed E-state index contributed by atoms with van der Waals surface area (Å²) in [5.74, 6) is 0.605. The number of nitrogens with one attached hydrogen (secondary N) is 1. The van der Waals surface area contributed by atoms with Crippen molar-refractivity contribution in [3.63, 3.8) is 0 Å². The monoisotopic (exact) mass is 433 g/mol. The predicted octanol–water partition coefficient (Wildman–Crippen LogP) is 2.57. The van der Waals surface area contributed by atoms with Crippen LogP contribution in [0.25, 0.3) is 0 Å². The first kappa shape index (κ1) is 21.8. The van der Waals surface area contributed by atoms with Crippen molar-refractivity contribution in [2.45, 2.75) is 75.8 Å². The third kappa shape index (κ3) is 4.43. The molecule has 1 heterocycles. The zero-order valence-electron chi connectivity index (χ0n) is 18.3. The molecule has 1 saturated carbocycles. The molecular weight excluding hydrogens is 398 g/mol. The van der Waals surface area contributed by atoms with Crippen LogP contribution in [0.5, 0.6) is 0 Å². The van der Waals surface area contributed by atoms with E-state index in [1.807, 2.05) is 19.1 Å². The van der Waals surface area contributed by atoms with Crippen LogP contribution in [-0.4, -0.2) is 61.8 Å². The quantitative estimate of drug-likeness (QED) is 0.775. The number of aryl methyl sites for hydroxylation is 2. The van der Waals surface area contributed by atoms with Gasteiger partial charge in [0.15, 0.2) is 0 Å². The van der Waals surface area contributed by atoms with Crippen LogP contribution in [0.15, 0.2) is 23.1 Å². The van der Waals surface area contributed by atoms with Crippen molar-refractivity contribution in [1.29, 1.82) is 0 Å². The Morgan fingerprint density at radius 3 is 2.47 bits per heavy atom. The average Bonchev–Trinajstić information content (AvgIpc) is 3.23. The summed E-state index contributed by atoms with van der Waals surface area (Å²) < 4.78 is 27.8. The van der Waals surface area contributed by atoms with E-state index in [1.54, 1.807) is 10.4 Å². The van der Waals surface area contributed by atoms with Gasteiger partial charge in [-0.1, -0.05) is 25.8 Å². The van der Waals surface area contributed by atoms with Crippen molar-refractivity contribution in [3.8, 4) is 0 Å². The molecule has 6 nitrogen and oxygen atoms in total. The van der Waals surface area contributed by atoms with E-state index in [1.165, 1.54) is 30.4 Å². The lowest BCUT2D eigenvalue weighted by Gasteiger charge is -2.38. The molecule has 1 amide bonds. The van der Waals surface area contributed by atoms with E-state index in [-0.39, 0.29) is 18.0 Å². The second-order valence-corrected chi connectivity index (χ2v) is 11.2. The van der Waals surface area contributed by atoms with Crippen molar-refractivity contribution >= 4 is 15.9 Å². The Labute approximate surface area is 181 Å². The van der Waals surface area contributed by atoms with Crippen LogP contribution in [0.4, 0.5) is 0 Å². The first-order valence-electron chi connectivity index (χ1n) is 11.5. The maximum Gasteiger partial charge on any atom is 0.243 e. The summed E-state index contributed by atoms with van der Waals surface area (Å²) in [6.07, 6.45) is 7.81. The maximum absolute atomic E-state index is 13.1. The molecule has 3 aliphatic rings. The molecule has 1 saturated heterocycles. The number of nitrogens with zero attached hydrogens (tertiary/aromatic N) is 2. The Kier molecular flexibility index (Phi) is 6.51. The molecule has 2 aliphatic carbocycles. The number of carbonyl (C=O) groups excluding carboxylic acids is 1. The van der Waals surface area contributed by atoms with Gasteiger partial charge in [0.1, 0.15) is 0 Å². The summed E-state index contributed by atoms with van der Waals surface area (Å²) in [7, 11) is -3.48. The van der Waals surface area contributed by atoms with E-state index >= 15 is 0 Å². The number of carbonyl (C=O) groups is 1. The van der Waals surface area contributed by atoms with Crippen molar-refractivity contribution in [2.24, 2.45) is 5.92 Å². The highest BCUT2D eigenvalue weighted by Gasteiger charge is 2.33. The molecule has 7 heteroatoms. The first-order chi connectivity index (χ1) is 14.4. The molecule has 0 bridgehead atoms. The van der Waals surface area contributed by atoms with Crippen molar-refractivity contribution in [1.82, 2.24) is 14.5 Å². The number of piperazine rings is 1. The standard InChI is InChI=1S/C23H35N3O3S/c1-17-6-3-4-9-22(17)24-23(27)18(2)25-12-14-26(15-13-25)30(28,29)21-11-10-19-7-5-8-20(19)16-21/h10-11,16-18,22H,3-9,12-15H2,1-2H3,(H,24,27)/t17-,18-,22-/m1/s1. The second-order valence-electron chi connectivity index (χ2n) is 9.28. The van der Waals surface area contributed by atoms with Crippen LogP contribution in [-0.2, 0) is 27.7 Å². The molecule has 30 heavy (non-hydrogen) atoms. The van der Waals surface area contributed by atoms with Gasteiger partial charge in [0.05, 0.1) is 10.9 Å². The summed E-state index contributed by atoms with van der Waals surface area (Å²) in [6.45, 7) is 6.18. The van der Waals surface area contributed by atoms with Crippen LogP contribution in [0.2, 0.25) is 0 Å². The lowest BCUT2D eigenvalue weighted by molar-refractivity contribution is -0.127. The molecule has 3 atom stereocenters. The number of sulfonamides is 1. The number of hydrogen-bond acceptors (Lipinski definition) is 4. The van der Waals surface area contributed by atoms with Crippen molar-refractivity contribution in [2.75, 3.05) is 26.2 Å². The zero-order chi connectivity index (χ0) is 21.3. The van der Waals surface area contributed by atoms with Gasteiger partial charge in [0.2, 0.25) is 15.9 Å². The lowest BCUT2D eigenvalue weighted by atomic mass is 9.86. The minimum absolute atomic E-state index is 0.0729. The fourth-order valence-electron chi connectivity index (χ4n) is 5.19. The highest BCUT2D eigenvalue weighted by molar-refractivity contribution is 7.89. The topological polar surface area (TPSA) is 69.7 Å². The third-order valence-electron chi connectivity index (χ3n) is 7.35. The predicted molar refractivity (Wildman–Crippen MR) is 118 cm³/mol. The largest absolute Gasteiger partial charge is 0.352 e. The van der Waals surface area contributed by atoms with E-state index in [0.29, 0.717) is 37.0 Å². The summed E-state index contributed by atoms with van der Waals surface area (Å²) in [5, 5.41) is 3.24. The van der Waals surface area contributed by atoms with Crippen molar-refractivity contribution < 1.29 is 13.2 Å². The number of fused-ring (bicyclic) bond motifs is 1. The van der Waals surface area contributed by atoms with Gasteiger partial charge in [0.25, 0.3) is 0 Å². The molecule has 0 unspecified atom stereocenters. The molecule has 166 valence electrons. The van der Waals surface area contributed by atoms with Crippen LogP contribution in [0.3, 0.4) is 0 Å². The Hall–Kier alpha value is -1.44. The molecule has 1 aromatic rings. The molecule has 4 rings (SSSR count). The molecule has 1 aliphatic heterocycles. The van der Waals surface area contributed by atoms with Gasteiger partial charge < -0.3 is 5.32 Å². The molecule has 1 N–H and O–H groups in total. The van der Waals surface area contributed by atoms with Gasteiger partial charge in [-0.2, -0.15) is 4.31 Å². The number of rotatable bonds is 5. The SMILES string of the molecule is C[C@@H]1CCCC[C@H]1NC(=O)[C@@H](C)N1CCN(S(=O)(=O)c2ccc3c(c2)CCC3)CC1. The Morgan fingerprint density at radius 2 is 1.73 bits per heavy atom. The molecular formula is C23H35N3O3S. The van der Waals surface area contributed by atoms with E-state index in [4.69, 9.17) is 0 Å². The Morgan fingerprint density at radius 1 is 1.03 bits per heavy atom. The highest BCUT2D eigenvalue weighted by atomic mass is 32.2. The summed E-state index contributed by atoms with van der Waals surface area (Å²) in [4.78, 5) is 15.3. The third-order valence-corrected chi connectivity index (χ3v) is 9.24. The lowest BCUT2D eigenvalue weighted by Crippen LogP contribution is -2.56. The van der Waals surface area contributed by atoms with Gasteiger partial charge in [-0.3, -0.25) is 9.69 Å². The number of benzene rings is 1. The first-order valence-corrected chi connectivity index (χ1v) is 13.0.